The van der Waals surface area contributed by atoms with E-state index in [1.807, 2.05) is 67.1 Å². The molecule has 0 unspecified atom stereocenters. The Labute approximate surface area is 205 Å². The lowest BCUT2D eigenvalue weighted by atomic mass is 10.1. The molecule has 9 heteroatoms. The first-order valence-electron chi connectivity index (χ1n) is 11.2. The first kappa shape index (κ1) is 25.9. The van der Waals surface area contributed by atoms with Gasteiger partial charge in [-0.25, -0.2) is 4.98 Å². The molecule has 0 spiro atoms. The summed E-state index contributed by atoms with van der Waals surface area (Å²) in [4.78, 5) is 31.4. The summed E-state index contributed by atoms with van der Waals surface area (Å²) in [7, 11) is 4.60. The second-order valence-electron chi connectivity index (χ2n) is 8.11. The number of ether oxygens (including phenoxy) is 3. The highest BCUT2D eigenvalue weighted by Crippen LogP contribution is 2.27. The van der Waals surface area contributed by atoms with Crippen LogP contribution in [0.1, 0.15) is 11.1 Å². The number of hydrogen-bond acceptors (Lipinski definition) is 6. The van der Waals surface area contributed by atoms with Crippen LogP contribution in [0.25, 0.3) is 16.9 Å². The summed E-state index contributed by atoms with van der Waals surface area (Å²) in [6.07, 6.45) is 1.88. The molecule has 1 aromatic heterocycles. The average Bonchev–Trinajstić information content (AvgIpc) is 3.27. The largest absolute Gasteiger partial charge is 0.497 e. The SMILES string of the molecule is COCCN(CC(=O)Nc1nc(-c2ccc(OC)cc2)cn1-c1ccc(C)c(C)c1)C(=O)COC. The van der Waals surface area contributed by atoms with Crippen LogP contribution in [0.4, 0.5) is 5.95 Å². The fourth-order valence-corrected chi connectivity index (χ4v) is 3.49. The summed E-state index contributed by atoms with van der Waals surface area (Å²) in [5.74, 6) is 0.432. The third kappa shape index (κ3) is 6.68. The van der Waals surface area contributed by atoms with Crippen molar-refractivity contribution >= 4 is 17.8 Å². The highest BCUT2D eigenvalue weighted by Gasteiger charge is 2.20. The van der Waals surface area contributed by atoms with Crippen molar-refractivity contribution in [2.75, 3.05) is 52.9 Å². The zero-order chi connectivity index (χ0) is 25.4. The molecule has 0 radical (unpaired) electrons. The Balaban J connectivity index is 1.92. The molecule has 0 atom stereocenters. The fraction of sp³-hybridized carbons (Fsp3) is 0.346. The number of rotatable bonds is 11. The number of hydrogen-bond donors (Lipinski definition) is 1. The Hall–Kier alpha value is -3.69. The molecule has 3 aromatic rings. The molecule has 2 amide bonds. The van der Waals surface area contributed by atoms with Crippen LogP contribution >= 0.6 is 0 Å². The van der Waals surface area contributed by atoms with E-state index in [1.165, 1.54) is 17.6 Å². The number of aromatic nitrogens is 2. The highest BCUT2D eigenvalue weighted by atomic mass is 16.5. The van der Waals surface area contributed by atoms with E-state index in [4.69, 9.17) is 19.2 Å². The van der Waals surface area contributed by atoms with Gasteiger partial charge in [0.2, 0.25) is 17.8 Å². The van der Waals surface area contributed by atoms with Crippen LogP contribution in [0.2, 0.25) is 0 Å². The normalized spacial score (nSPS) is 10.8. The maximum absolute atomic E-state index is 13.0. The monoisotopic (exact) mass is 480 g/mol. The van der Waals surface area contributed by atoms with Gasteiger partial charge in [0.25, 0.3) is 0 Å². The highest BCUT2D eigenvalue weighted by molar-refractivity contribution is 5.94. The van der Waals surface area contributed by atoms with Crippen LogP contribution in [0, 0.1) is 13.8 Å². The molecule has 2 aromatic carbocycles. The van der Waals surface area contributed by atoms with Gasteiger partial charge in [-0.1, -0.05) is 6.07 Å². The molecule has 1 N–H and O–H groups in total. The minimum atomic E-state index is -0.373. The summed E-state index contributed by atoms with van der Waals surface area (Å²) in [6.45, 7) is 4.40. The van der Waals surface area contributed by atoms with Gasteiger partial charge in [-0.15, -0.1) is 0 Å². The zero-order valence-electron chi connectivity index (χ0n) is 20.8. The first-order chi connectivity index (χ1) is 16.9. The molecule has 0 saturated carbocycles. The average molecular weight is 481 g/mol. The number of carbonyl (C=O) groups is 2. The van der Waals surface area contributed by atoms with Gasteiger partial charge >= 0.3 is 0 Å². The molecule has 0 aliphatic carbocycles. The van der Waals surface area contributed by atoms with Crippen molar-refractivity contribution < 1.29 is 23.8 Å². The first-order valence-corrected chi connectivity index (χ1v) is 11.2. The van der Waals surface area contributed by atoms with Crippen LogP contribution in [-0.2, 0) is 19.1 Å². The predicted molar refractivity (Wildman–Crippen MR) is 134 cm³/mol. The standard InChI is InChI=1S/C26H32N4O5/c1-18-6-9-21(14-19(18)2)30-15-23(20-7-10-22(35-5)11-8-20)27-26(30)28-24(31)16-29(12-13-33-3)25(32)17-34-4/h6-11,14-15H,12-13,16-17H2,1-5H3,(H,27,28,31). The van der Waals surface area contributed by atoms with Gasteiger partial charge in [0.15, 0.2) is 0 Å². The quantitative estimate of drug-likeness (QED) is 0.453. The third-order valence-corrected chi connectivity index (χ3v) is 5.63. The van der Waals surface area contributed by atoms with Gasteiger partial charge in [-0.05, 0) is 61.4 Å². The van der Waals surface area contributed by atoms with Crippen LogP contribution in [0.5, 0.6) is 5.75 Å². The molecule has 0 aliphatic rings. The van der Waals surface area contributed by atoms with Gasteiger partial charge in [-0.3, -0.25) is 19.5 Å². The number of methoxy groups -OCH3 is 3. The molecule has 3 rings (SSSR count). The van der Waals surface area contributed by atoms with E-state index >= 15 is 0 Å². The van der Waals surface area contributed by atoms with E-state index in [2.05, 4.69) is 5.32 Å². The Morgan fingerprint density at radius 3 is 2.37 bits per heavy atom. The van der Waals surface area contributed by atoms with Crippen LogP contribution < -0.4 is 10.1 Å². The summed E-state index contributed by atoms with van der Waals surface area (Å²) < 4.78 is 17.1. The summed E-state index contributed by atoms with van der Waals surface area (Å²) in [5, 5.41) is 2.87. The number of imidazole rings is 1. The third-order valence-electron chi connectivity index (χ3n) is 5.63. The predicted octanol–water partition coefficient (Wildman–Crippen LogP) is 3.22. The molecular formula is C26H32N4O5. The van der Waals surface area contributed by atoms with Crippen molar-refractivity contribution in [1.29, 1.82) is 0 Å². The molecule has 9 nitrogen and oxygen atoms in total. The number of amides is 2. The van der Waals surface area contributed by atoms with Crippen LogP contribution in [-0.4, -0.2) is 73.9 Å². The van der Waals surface area contributed by atoms with Crippen LogP contribution in [0.3, 0.4) is 0 Å². The Kier molecular flexibility index (Phi) is 8.99. The fourth-order valence-electron chi connectivity index (χ4n) is 3.49. The van der Waals surface area contributed by atoms with E-state index in [0.717, 1.165) is 22.6 Å². The Morgan fingerprint density at radius 2 is 1.74 bits per heavy atom. The lowest BCUT2D eigenvalue weighted by Crippen LogP contribution is -2.41. The van der Waals surface area contributed by atoms with Crippen LogP contribution in [0.15, 0.2) is 48.7 Å². The lowest BCUT2D eigenvalue weighted by Gasteiger charge is -2.21. The number of aryl methyl sites for hydroxylation is 2. The van der Waals surface area contributed by atoms with Gasteiger partial charge in [0.1, 0.15) is 18.9 Å². The smallest absolute Gasteiger partial charge is 0.249 e. The molecule has 0 fully saturated rings. The van der Waals surface area contributed by atoms with Crippen molar-refractivity contribution in [1.82, 2.24) is 14.5 Å². The maximum atomic E-state index is 13.0. The number of nitrogens with one attached hydrogen (secondary N) is 1. The summed E-state index contributed by atoms with van der Waals surface area (Å²) in [6, 6.07) is 13.6. The maximum Gasteiger partial charge on any atom is 0.249 e. The van der Waals surface area contributed by atoms with Gasteiger partial charge in [-0.2, -0.15) is 0 Å². The van der Waals surface area contributed by atoms with Gasteiger partial charge in [0, 0.05) is 38.2 Å². The van der Waals surface area contributed by atoms with Crippen molar-refractivity contribution in [2.24, 2.45) is 0 Å². The molecule has 35 heavy (non-hydrogen) atoms. The Bertz CT molecular complexity index is 1160. The number of benzene rings is 2. The summed E-state index contributed by atoms with van der Waals surface area (Å²) >= 11 is 0. The second kappa shape index (κ2) is 12.1. The number of nitrogens with zero attached hydrogens (tertiary/aromatic N) is 3. The number of anilines is 1. The van der Waals surface area contributed by atoms with E-state index < -0.39 is 0 Å². The van der Waals surface area contributed by atoms with E-state index in [0.29, 0.717) is 18.2 Å². The lowest BCUT2D eigenvalue weighted by molar-refractivity contribution is -0.138. The van der Waals surface area contributed by atoms with E-state index in [1.54, 1.807) is 14.2 Å². The molecule has 0 aliphatic heterocycles. The van der Waals surface area contributed by atoms with Crippen molar-refractivity contribution in [3.63, 3.8) is 0 Å². The minimum Gasteiger partial charge on any atom is -0.497 e. The van der Waals surface area contributed by atoms with E-state index in [-0.39, 0.29) is 31.5 Å². The molecule has 0 saturated heterocycles. The topological polar surface area (TPSA) is 94.9 Å². The van der Waals surface area contributed by atoms with E-state index in [9.17, 15) is 9.59 Å². The molecular weight excluding hydrogens is 448 g/mol. The molecule has 0 bridgehead atoms. The van der Waals surface area contributed by atoms with Gasteiger partial charge < -0.3 is 19.1 Å². The molecule has 186 valence electrons. The number of carbonyl (C=O) groups excluding carboxylic acids is 2. The minimum absolute atomic E-state index is 0.115. The second-order valence-corrected chi connectivity index (χ2v) is 8.11. The van der Waals surface area contributed by atoms with Crippen molar-refractivity contribution in [3.8, 4) is 22.7 Å². The van der Waals surface area contributed by atoms with Crippen molar-refractivity contribution in [3.05, 3.63) is 59.8 Å². The summed E-state index contributed by atoms with van der Waals surface area (Å²) in [5.41, 5.74) is 4.71. The van der Waals surface area contributed by atoms with Crippen molar-refractivity contribution in [2.45, 2.75) is 13.8 Å². The zero-order valence-corrected chi connectivity index (χ0v) is 20.8. The molecule has 1 heterocycles. The van der Waals surface area contributed by atoms with Gasteiger partial charge in [0.05, 0.1) is 19.4 Å². The Morgan fingerprint density at radius 1 is 1.00 bits per heavy atom.